The van der Waals surface area contributed by atoms with Gasteiger partial charge >= 0.3 is 6.03 Å². The van der Waals surface area contributed by atoms with Crippen molar-refractivity contribution in [3.05, 3.63) is 65.1 Å². The summed E-state index contributed by atoms with van der Waals surface area (Å²) in [4.78, 5) is 45.4. The number of halogens is 1. The van der Waals surface area contributed by atoms with Gasteiger partial charge in [0.2, 0.25) is 5.91 Å². The summed E-state index contributed by atoms with van der Waals surface area (Å²) in [5, 5.41) is 7.08. The first-order valence-corrected chi connectivity index (χ1v) is 10.4. The maximum absolute atomic E-state index is 12.7. The largest absolute Gasteiger partial charge is 0.361 e. The number of amides is 4. The van der Waals surface area contributed by atoms with Crippen LogP contribution in [0.3, 0.4) is 0 Å². The summed E-state index contributed by atoms with van der Waals surface area (Å²) < 4.78 is 0. The van der Waals surface area contributed by atoms with E-state index in [0.717, 1.165) is 22.0 Å². The lowest BCUT2D eigenvalue weighted by molar-refractivity contribution is -0.127. The third kappa shape index (κ3) is 4.86. The number of rotatable bonds is 8. The number of hydrogen-bond donors (Lipinski definition) is 3. The molecule has 1 atom stereocenters. The van der Waals surface area contributed by atoms with E-state index in [-0.39, 0.29) is 31.2 Å². The van der Waals surface area contributed by atoms with Gasteiger partial charge in [0.15, 0.2) is 0 Å². The van der Waals surface area contributed by atoms with Crippen molar-refractivity contribution in [2.75, 3.05) is 6.54 Å². The molecule has 0 saturated carbocycles. The second-order valence-electron chi connectivity index (χ2n) is 7.42. The molecule has 2 aromatic heterocycles. The van der Waals surface area contributed by atoms with E-state index in [1.54, 1.807) is 24.5 Å². The van der Waals surface area contributed by atoms with Crippen molar-refractivity contribution in [1.29, 1.82) is 0 Å². The highest BCUT2D eigenvalue weighted by Crippen LogP contribution is 2.23. The molecule has 31 heavy (non-hydrogen) atoms. The van der Waals surface area contributed by atoms with Gasteiger partial charge in [-0.3, -0.25) is 19.5 Å². The minimum atomic E-state index is -0.686. The van der Waals surface area contributed by atoms with Gasteiger partial charge in [-0.25, -0.2) is 4.79 Å². The summed E-state index contributed by atoms with van der Waals surface area (Å²) in [5.74, 6) is -0.483. The Labute approximate surface area is 184 Å². The highest BCUT2D eigenvalue weighted by Gasteiger charge is 2.37. The molecule has 1 aliphatic rings. The van der Waals surface area contributed by atoms with Crippen LogP contribution in [-0.2, 0) is 22.6 Å². The normalized spacial score (nSPS) is 16.0. The predicted molar refractivity (Wildman–Crippen MR) is 116 cm³/mol. The van der Waals surface area contributed by atoms with Gasteiger partial charge in [-0.05, 0) is 48.2 Å². The fourth-order valence-corrected chi connectivity index (χ4v) is 3.81. The van der Waals surface area contributed by atoms with E-state index in [1.807, 2.05) is 24.4 Å². The zero-order valence-electron chi connectivity index (χ0n) is 16.7. The highest BCUT2D eigenvalue weighted by atomic mass is 35.5. The van der Waals surface area contributed by atoms with E-state index < -0.39 is 12.1 Å². The Morgan fingerprint density at radius 1 is 1.26 bits per heavy atom. The number of nitrogens with one attached hydrogen (secondary N) is 3. The van der Waals surface area contributed by atoms with Crippen molar-refractivity contribution in [2.45, 2.75) is 31.8 Å². The van der Waals surface area contributed by atoms with Crippen molar-refractivity contribution in [3.8, 4) is 0 Å². The maximum atomic E-state index is 12.7. The quantitative estimate of drug-likeness (QED) is 0.469. The number of hydrogen-bond acceptors (Lipinski definition) is 4. The van der Waals surface area contributed by atoms with Gasteiger partial charge in [0.25, 0.3) is 5.91 Å². The van der Waals surface area contributed by atoms with Gasteiger partial charge in [-0.1, -0.05) is 17.7 Å². The minimum Gasteiger partial charge on any atom is -0.361 e. The molecule has 160 valence electrons. The lowest BCUT2D eigenvalue weighted by atomic mass is 10.1. The lowest BCUT2D eigenvalue weighted by Gasteiger charge is -2.13. The third-order valence-corrected chi connectivity index (χ3v) is 5.55. The van der Waals surface area contributed by atoms with E-state index >= 15 is 0 Å². The number of imide groups is 1. The number of benzene rings is 1. The summed E-state index contributed by atoms with van der Waals surface area (Å²) in [6, 6.07) is 8.12. The Bertz CT molecular complexity index is 1110. The van der Waals surface area contributed by atoms with Gasteiger partial charge in [0.05, 0.1) is 0 Å². The molecule has 3 heterocycles. The first kappa shape index (κ1) is 20.9. The Hall–Kier alpha value is -3.39. The Morgan fingerprint density at radius 2 is 2.13 bits per heavy atom. The van der Waals surface area contributed by atoms with Gasteiger partial charge in [-0.2, -0.15) is 0 Å². The molecule has 8 nitrogen and oxygen atoms in total. The molecule has 0 spiro atoms. The number of carbonyl (C=O) groups is 3. The number of fused-ring (bicyclic) bond motifs is 1. The molecule has 4 rings (SSSR count). The van der Waals surface area contributed by atoms with E-state index in [2.05, 4.69) is 20.6 Å². The highest BCUT2D eigenvalue weighted by molar-refractivity contribution is 6.31. The van der Waals surface area contributed by atoms with E-state index in [4.69, 9.17) is 11.6 Å². The van der Waals surface area contributed by atoms with Crippen LogP contribution in [-0.4, -0.2) is 45.3 Å². The van der Waals surface area contributed by atoms with Gasteiger partial charge in [-0.15, -0.1) is 0 Å². The molecule has 0 aliphatic carbocycles. The summed E-state index contributed by atoms with van der Waals surface area (Å²) in [5.41, 5.74) is 2.83. The van der Waals surface area contributed by atoms with Crippen molar-refractivity contribution >= 4 is 40.3 Å². The van der Waals surface area contributed by atoms with Crippen LogP contribution in [0, 0.1) is 0 Å². The first-order valence-electron chi connectivity index (χ1n) is 10.0. The van der Waals surface area contributed by atoms with Crippen LogP contribution in [0.5, 0.6) is 0 Å². The van der Waals surface area contributed by atoms with Crippen LogP contribution < -0.4 is 10.6 Å². The van der Waals surface area contributed by atoms with Crippen LogP contribution in [0.15, 0.2) is 48.9 Å². The number of pyridine rings is 1. The molecule has 0 bridgehead atoms. The zero-order chi connectivity index (χ0) is 21.8. The molecule has 1 saturated heterocycles. The monoisotopic (exact) mass is 439 g/mol. The molecule has 1 aromatic carbocycles. The van der Waals surface area contributed by atoms with Crippen molar-refractivity contribution < 1.29 is 14.4 Å². The predicted octanol–water partition coefficient (Wildman–Crippen LogP) is 2.78. The number of aromatic amines is 1. The summed E-state index contributed by atoms with van der Waals surface area (Å²) >= 11 is 6.08. The molecule has 1 fully saturated rings. The summed E-state index contributed by atoms with van der Waals surface area (Å²) in [6.07, 6.45) is 6.12. The Kier molecular flexibility index (Phi) is 6.18. The standard InChI is InChI=1S/C22H22ClN5O3/c23-16-3-4-18-17(10-16)15(13-25-18)7-9-28-21(30)19(27-22(28)31)5-6-20(29)26-12-14-2-1-8-24-11-14/h1-4,8,10-11,13,19,25H,5-7,9,12H2,(H,26,29)(H,27,31). The molecule has 3 N–H and O–H groups in total. The summed E-state index contributed by atoms with van der Waals surface area (Å²) in [6.45, 7) is 0.631. The number of carbonyl (C=O) groups excluding carboxylic acids is 3. The number of nitrogens with zero attached hydrogens (tertiary/aromatic N) is 2. The average molecular weight is 440 g/mol. The van der Waals surface area contributed by atoms with E-state index in [0.29, 0.717) is 18.0 Å². The smallest absolute Gasteiger partial charge is 0.324 e. The Morgan fingerprint density at radius 3 is 2.94 bits per heavy atom. The Balaban J connectivity index is 1.28. The number of H-pyrrole nitrogens is 1. The molecule has 9 heteroatoms. The number of urea groups is 1. The first-order chi connectivity index (χ1) is 15.0. The number of aromatic nitrogens is 2. The molecule has 0 radical (unpaired) electrons. The van der Waals surface area contributed by atoms with Crippen LogP contribution in [0.1, 0.15) is 24.0 Å². The fourth-order valence-electron chi connectivity index (χ4n) is 3.64. The van der Waals surface area contributed by atoms with Crippen LogP contribution in [0.2, 0.25) is 5.02 Å². The van der Waals surface area contributed by atoms with Crippen molar-refractivity contribution in [3.63, 3.8) is 0 Å². The zero-order valence-corrected chi connectivity index (χ0v) is 17.5. The second kappa shape index (κ2) is 9.18. The van der Waals surface area contributed by atoms with Gasteiger partial charge in [0, 0.05) is 54.0 Å². The van der Waals surface area contributed by atoms with E-state index in [1.165, 1.54) is 4.90 Å². The minimum absolute atomic E-state index is 0.145. The topological polar surface area (TPSA) is 107 Å². The summed E-state index contributed by atoms with van der Waals surface area (Å²) in [7, 11) is 0. The van der Waals surface area contributed by atoms with E-state index in [9.17, 15) is 14.4 Å². The molecule has 3 aromatic rings. The molecule has 1 unspecified atom stereocenters. The fraction of sp³-hybridized carbons (Fsp3) is 0.273. The third-order valence-electron chi connectivity index (χ3n) is 5.31. The van der Waals surface area contributed by atoms with Gasteiger partial charge in [0.1, 0.15) is 6.04 Å². The molecule has 4 amide bonds. The van der Waals surface area contributed by atoms with Crippen molar-refractivity contribution in [1.82, 2.24) is 25.5 Å². The molecular weight excluding hydrogens is 418 g/mol. The molecule has 1 aliphatic heterocycles. The SMILES string of the molecule is O=C(CCC1NC(=O)N(CCc2c[nH]c3ccc(Cl)cc23)C1=O)NCc1cccnc1. The van der Waals surface area contributed by atoms with Gasteiger partial charge < -0.3 is 15.6 Å². The average Bonchev–Trinajstić information content (AvgIpc) is 3.29. The maximum Gasteiger partial charge on any atom is 0.324 e. The van der Waals surface area contributed by atoms with Crippen LogP contribution in [0.4, 0.5) is 4.79 Å². The van der Waals surface area contributed by atoms with Crippen LogP contribution in [0.25, 0.3) is 10.9 Å². The lowest BCUT2D eigenvalue weighted by Crippen LogP contribution is -2.33. The van der Waals surface area contributed by atoms with Crippen molar-refractivity contribution in [2.24, 2.45) is 0 Å². The second-order valence-corrected chi connectivity index (χ2v) is 7.86. The molecular formula is C22H22ClN5O3. The van der Waals surface area contributed by atoms with Crippen LogP contribution >= 0.6 is 11.6 Å².